The first-order valence-electron chi connectivity index (χ1n) is 9.29. The highest BCUT2D eigenvalue weighted by Crippen LogP contribution is 2.51. The minimum Gasteiger partial charge on any atom is -0.406 e. The first-order valence-corrected chi connectivity index (χ1v) is 9.29. The normalized spacial score (nSPS) is 19.3. The molecule has 0 aromatic heterocycles. The minimum atomic E-state index is -4.81. The molecule has 0 saturated heterocycles. The number of aryl methyl sites for hydroxylation is 1. The van der Waals surface area contributed by atoms with Crippen LogP contribution in [-0.4, -0.2) is 6.36 Å². The lowest BCUT2D eigenvalue weighted by Gasteiger charge is -2.30. The summed E-state index contributed by atoms with van der Waals surface area (Å²) in [4.78, 5) is 0. The number of hydrogen-bond acceptors (Lipinski definition) is 1. The fourth-order valence-electron chi connectivity index (χ4n) is 4.18. The third-order valence-electron chi connectivity index (χ3n) is 5.62. The van der Waals surface area contributed by atoms with Gasteiger partial charge in [0.15, 0.2) is 0 Å². The molecule has 1 saturated carbocycles. The van der Waals surface area contributed by atoms with Crippen molar-refractivity contribution in [3.8, 4) is 16.9 Å². The van der Waals surface area contributed by atoms with Gasteiger partial charge in [0.2, 0.25) is 0 Å². The van der Waals surface area contributed by atoms with Crippen molar-refractivity contribution in [2.45, 2.75) is 58.7 Å². The summed E-state index contributed by atoms with van der Waals surface area (Å²) in [6.07, 6.45) is -0.800. The molecule has 1 aliphatic rings. The van der Waals surface area contributed by atoms with Gasteiger partial charge in [0.25, 0.3) is 0 Å². The van der Waals surface area contributed by atoms with Crippen molar-refractivity contribution < 1.29 is 22.3 Å². The van der Waals surface area contributed by atoms with E-state index in [0.717, 1.165) is 55.0 Å². The Labute approximate surface area is 157 Å². The van der Waals surface area contributed by atoms with E-state index in [-0.39, 0.29) is 16.9 Å². The highest BCUT2D eigenvalue weighted by Gasteiger charge is 2.37. The maximum Gasteiger partial charge on any atom is 0.573 e. The van der Waals surface area contributed by atoms with E-state index in [1.165, 1.54) is 0 Å². The van der Waals surface area contributed by atoms with Gasteiger partial charge in [-0.1, -0.05) is 45.4 Å². The summed E-state index contributed by atoms with van der Waals surface area (Å²) in [5.74, 6) is -0.716. The number of rotatable bonds is 4. The summed E-state index contributed by atoms with van der Waals surface area (Å²) < 4.78 is 56.4. The Morgan fingerprint density at radius 1 is 1.07 bits per heavy atom. The molecule has 0 bridgehead atoms. The van der Waals surface area contributed by atoms with Crippen molar-refractivity contribution in [1.29, 1.82) is 0 Å². The number of halogens is 4. The van der Waals surface area contributed by atoms with Crippen LogP contribution in [0.4, 0.5) is 17.6 Å². The van der Waals surface area contributed by atoms with Crippen LogP contribution in [0.3, 0.4) is 0 Å². The van der Waals surface area contributed by atoms with Crippen molar-refractivity contribution in [2.75, 3.05) is 0 Å². The zero-order valence-electron chi connectivity index (χ0n) is 15.8. The van der Waals surface area contributed by atoms with E-state index >= 15 is 0 Å². The summed E-state index contributed by atoms with van der Waals surface area (Å²) in [6, 6.07) is 9.02. The lowest BCUT2D eigenvalue weighted by atomic mass is 9.75. The standard InChI is InChI=1S/C22H24F4O/c1-4-14-7-9-16(17(12-14)19-6-5-11-21(19,2)3)18-13-15(8-10-20(18)23)27-22(24,25)26/h7-10,12-13,19H,4-6,11H2,1-3H3/t19-/m1/s1. The number of benzene rings is 2. The molecule has 27 heavy (non-hydrogen) atoms. The molecule has 2 aromatic rings. The zero-order chi connectivity index (χ0) is 19.8. The Hall–Kier alpha value is -2.04. The van der Waals surface area contributed by atoms with Gasteiger partial charge in [0.05, 0.1) is 0 Å². The molecular formula is C22H24F4O. The molecule has 5 heteroatoms. The van der Waals surface area contributed by atoms with Gasteiger partial charge in [-0.3, -0.25) is 0 Å². The van der Waals surface area contributed by atoms with Crippen LogP contribution < -0.4 is 4.74 Å². The van der Waals surface area contributed by atoms with Crippen molar-refractivity contribution in [1.82, 2.24) is 0 Å². The highest BCUT2D eigenvalue weighted by atomic mass is 19.4. The Balaban J connectivity index is 2.13. The molecule has 0 spiro atoms. The zero-order valence-corrected chi connectivity index (χ0v) is 15.8. The number of alkyl halides is 3. The molecule has 1 atom stereocenters. The second-order valence-electron chi connectivity index (χ2n) is 7.90. The molecule has 1 aliphatic carbocycles. The average molecular weight is 380 g/mol. The molecule has 0 amide bonds. The van der Waals surface area contributed by atoms with Crippen molar-refractivity contribution in [3.05, 3.63) is 53.3 Å². The first kappa shape index (κ1) is 19.7. The largest absolute Gasteiger partial charge is 0.573 e. The van der Waals surface area contributed by atoms with E-state index in [9.17, 15) is 17.6 Å². The monoisotopic (exact) mass is 380 g/mol. The van der Waals surface area contributed by atoms with E-state index in [4.69, 9.17) is 0 Å². The second kappa shape index (κ2) is 7.17. The smallest absolute Gasteiger partial charge is 0.406 e. The Kier molecular flexibility index (Phi) is 5.24. The highest BCUT2D eigenvalue weighted by molar-refractivity contribution is 5.71. The fourth-order valence-corrected chi connectivity index (χ4v) is 4.18. The fraction of sp³-hybridized carbons (Fsp3) is 0.455. The quantitative estimate of drug-likeness (QED) is 0.508. The lowest BCUT2D eigenvalue weighted by Crippen LogP contribution is -2.17. The van der Waals surface area contributed by atoms with Crippen LogP contribution in [0.1, 0.15) is 57.1 Å². The summed E-state index contributed by atoms with van der Waals surface area (Å²) in [5.41, 5.74) is 3.02. The van der Waals surface area contributed by atoms with Gasteiger partial charge in [-0.25, -0.2) is 4.39 Å². The number of ether oxygens (including phenoxy) is 1. The van der Waals surface area contributed by atoms with E-state index in [1.54, 1.807) is 0 Å². The predicted octanol–water partition coefficient (Wildman–Crippen LogP) is 7.25. The molecule has 3 rings (SSSR count). The minimum absolute atomic E-state index is 0.0671. The van der Waals surface area contributed by atoms with Gasteiger partial charge < -0.3 is 4.74 Å². The molecule has 1 nitrogen and oxygen atoms in total. The Morgan fingerprint density at radius 3 is 2.41 bits per heavy atom. The second-order valence-corrected chi connectivity index (χ2v) is 7.90. The van der Waals surface area contributed by atoms with E-state index < -0.39 is 17.9 Å². The van der Waals surface area contributed by atoms with Gasteiger partial charge in [0.1, 0.15) is 11.6 Å². The predicted molar refractivity (Wildman–Crippen MR) is 98.3 cm³/mol. The summed E-state index contributed by atoms with van der Waals surface area (Å²) in [5, 5.41) is 0. The Bertz CT molecular complexity index is 824. The molecule has 2 aromatic carbocycles. The maximum atomic E-state index is 14.6. The van der Waals surface area contributed by atoms with Crippen molar-refractivity contribution >= 4 is 0 Å². The van der Waals surface area contributed by atoms with E-state index in [2.05, 4.69) is 31.6 Å². The molecule has 0 aliphatic heterocycles. The molecule has 0 heterocycles. The maximum absolute atomic E-state index is 14.6. The van der Waals surface area contributed by atoms with Crippen molar-refractivity contribution in [2.24, 2.45) is 5.41 Å². The molecular weight excluding hydrogens is 356 g/mol. The van der Waals surface area contributed by atoms with Crippen molar-refractivity contribution in [3.63, 3.8) is 0 Å². The van der Waals surface area contributed by atoms with E-state index in [1.807, 2.05) is 12.1 Å². The van der Waals surface area contributed by atoms with Crippen LogP contribution in [0.15, 0.2) is 36.4 Å². The average Bonchev–Trinajstić information content (AvgIpc) is 2.94. The van der Waals surface area contributed by atoms with Crippen LogP contribution >= 0.6 is 0 Å². The van der Waals surface area contributed by atoms with Crippen LogP contribution in [0, 0.1) is 11.2 Å². The topological polar surface area (TPSA) is 9.23 Å². The van der Waals surface area contributed by atoms with Crippen LogP contribution in [-0.2, 0) is 6.42 Å². The third kappa shape index (κ3) is 4.28. The molecule has 0 unspecified atom stereocenters. The summed E-state index contributed by atoms with van der Waals surface area (Å²) in [6.45, 7) is 6.45. The summed E-state index contributed by atoms with van der Waals surface area (Å²) in [7, 11) is 0. The van der Waals surface area contributed by atoms with Gasteiger partial charge in [-0.05, 0) is 65.5 Å². The lowest BCUT2D eigenvalue weighted by molar-refractivity contribution is -0.274. The molecule has 0 radical (unpaired) electrons. The molecule has 1 fully saturated rings. The van der Waals surface area contributed by atoms with Crippen LogP contribution in [0.5, 0.6) is 5.75 Å². The van der Waals surface area contributed by atoms with Crippen LogP contribution in [0.2, 0.25) is 0 Å². The Morgan fingerprint density at radius 2 is 1.81 bits per heavy atom. The SMILES string of the molecule is CCc1ccc(-c2cc(OC(F)(F)F)ccc2F)c([C@H]2CCCC2(C)C)c1. The van der Waals surface area contributed by atoms with E-state index in [0.29, 0.717) is 5.56 Å². The first-order chi connectivity index (χ1) is 12.6. The van der Waals surface area contributed by atoms with Gasteiger partial charge in [-0.15, -0.1) is 13.2 Å². The summed E-state index contributed by atoms with van der Waals surface area (Å²) >= 11 is 0. The number of hydrogen-bond donors (Lipinski definition) is 0. The van der Waals surface area contributed by atoms with Crippen LogP contribution in [0.25, 0.3) is 11.1 Å². The van der Waals surface area contributed by atoms with Gasteiger partial charge in [0, 0.05) is 5.56 Å². The van der Waals surface area contributed by atoms with Gasteiger partial charge in [-0.2, -0.15) is 0 Å². The van der Waals surface area contributed by atoms with Gasteiger partial charge >= 0.3 is 6.36 Å². The third-order valence-corrected chi connectivity index (χ3v) is 5.62. The molecule has 0 N–H and O–H groups in total. The molecule has 146 valence electrons.